The third-order valence-electron chi connectivity index (χ3n) is 3.47. The van der Waals surface area contributed by atoms with E-state index in [0.29, 0.717) is 11.5 Å². The molecule has 2 aromatic heterocycles. The lowest BCUT2D eigenvalue weighted by atomic mass is 10.1. The topological polar surface area (TPSA) is 34.1 Å². The Morgan fingerprint density at radius 3 is 2.67 bits per heavy atom. The van der Waals surface area contributed by atoms with Gasteiger partial charge in [-0.1, -0.05) is 0 Å². The number of pyridine rings is 1. The van der Waals surface area contributed by atoms with Crippen molar-refractivity contribution in [3.63, 3.8) is 0 Å². The van der Waals surface area contributed by atoms with Gasteiger partial charge in [0.1, 0.15) is 11.6 Å². The predicted molar refractivity (Wildman–Crippen MR) is 93.3 cm³/mol. The smallest absolute Gasteiger partial charge is 0.420 e. The Bertz CT molecular complexity index is 908. The van der Waals surface area contributed by atoms with Gasteiger partial charge in [0.2, 0.25) is 0 Å². The van der Waals surface area contributed by atoms with Crippen LogP contribution in [0.1, 0.15) is 10.4 Å². The average Bonchev–Trinajstić information content (AvgIpc) is 2.83. The van der Waals surface area contributed by atoms with Crippen LogP contribution in [-0.4, -0.2) is 12.1 Å². The Morgan fingerprint density at radius 1 is 1.25 bits per heavy atom. The zero-order chi connectivity index (χ0) is 17.5. The van der Waals surface area contributed by atoms with E-state index in [2.05, 4.69) is 26.2 Å². The minimum atomic E-state index is -4.50. The molecule has 24 heavy (non-hydrogen) atoms. The minimum absolute atomic E-state index is 0.214. The Morgan fingerprint density at radius 2 is 2.00 bits per heavy atom. The first kappa shape index (κ1) is 17.0. The average molecular weight is 417 g/mol. The zero-order valence-electron chi connectivity index (χ0n) is 12.7. The fourth-order valence-electron chi connectivity index (χ4n) is 2.34. The van der Waals surface area contributed by atoms with Gasteiger partial charge >= 0.3 is 6.18 Å². The largest absolute Gasteiger partial charge is 0.496 e. The van der Waals surface area contributed by atoms with E-state index in [-0.39, 0.29) is 5.75 Å². The van der Waals surface area contributed by atoms with Gasteiger partial charge in [0, 0.05) is 26.6 Å². The predicted octanol–water partition coefficient (Wildman–Crippen LogP) is 6.14. The molecule has 0 atom stereocenters. The first-order valence-electron chi connectivity index (χ1n) is 6.87. The highest BCUT2D eigenvalue weighted by Crippen LogP contribution is 2.41. The van der Waals surface area contributed by atoms with Crippen molar-refractivity contribution in [2.24, 2.45) is 0 Å². The van der Waals surface area contributed by atoms with Crippen molar-refractivity contribution in [3.05, 3.63) is 45.4 Å². The number of aromatic nitrogens is 1. The van der Waals surface area contributed by atoms with Gasteiger partial charge in [0.25, 0.3) is 0 Å². The number of halogens is 4. The number of aryl methyl sites for hydroxylation is 1. The van der Waals surface area contributed by atoms with Crippen molar-refractivity contribution in [3.8, 4) is 5.75 Å². The van der Waals surface area contributed by atoms with E-state index in [9.17, 15) is 13.2 Å². The number of nitrogens with zero attached hydrogens (tertiary/aromatic N) is 1. The molecule has 3 nitrogen and oxygen atoms in total. The fourth-order valence-corrected chi connectivity index (χ4v) is 4.04. The van der Waals surface area contributed by atoms with Crippen LogP contribution in [0.4, 0.5) is 24.7 Å². The molecule has 0 aliphatic heterocycles. The maximum atomic E-state index is 13.1. The number of hydrogen-bond acceptors (Lipinski definition) is 4. The number of thiophene rings is 1. The minimum Gasteiger partial charge on any atom is -0.496 e. The highest BCUT2D eigenvalue weighted by molar-refractivity contribution is 9.10. The summed E-state index contributed by atoms with van der Waals surface area (Å²) in [7, 11) is 1.21. The van der Waals surface area contributed by atoms with Crippen LogP contribution in [0.15, 0.2) is 34.9 Å². The third kappa shape index (κ3) is 3.08. The van der Waals surface area contributed by atoms with Gasteiger partial charge in [-0.3, -0.25) is 0 Å². The maximum Gasteiger partial charge on any atom is 0.420 e. The first-order chi connectivity index (χ1) is 11.3. The molecule has 0 saturated heterocycles. The van der Waals surface area contributed by atoms with Gasteiger partial charge in [-0.05, 0) is 47.1 Å². The molecule has 0 unspecified atom stereocenters. The van der Waals surface area contributed by atoms with Gasteiger partial charge in [-0.25, -0.2) is 4.98 Å². The monoisotopic (exact) mass is 416 g/mol. The van der Waals surface area contributed by atoms with Gasteiger partial charge < -0.3 is 10.1 Å². The summed E-state index contributed by atoms with van der Waals surface area (Å²) < 4.78 is 46.1. The van der Waals surface area contributed by atoms with Crippen LogP contribution in [0.5, 0.6) is 5.75 Å². The molecule has 2 heterocycles. The standard InChI is InChI=1S/C16H12BrF3N2OS/c1-8-13(17)10-5-6-21-15(14(10)24-8)22-9-3-4-12(23-2)11(7-9)16(18,19)20/h3-7H,1-2H3,(H,21,22). The highest BCUT2D eigenvalue weighted by atomic mass is 79.9. The molecule has 0 saturated carbocycles. The quantitative estimate of drug-likeness (QED) is 0.556. The lowest BCUT2D eigenvalue weighted by Gasteiger charge is -2.14. The Hall–Kier alpha value is -1.80. The molecule has 1 N–H and O–H groups in total. The van der Waals surface area contributed by atoms with Crippen molar-refractivity contribution in [1.82, 2.24) is 4.98 Å². The lowest BCUT2D eigenvalue weighted by molar-refractivity contribution is -0.138. The van der Waals surface area contributed by atoms with E-state index >= 15 is 0 Å². The summed E-state index contributed by atoms with van der Waals surface area (Å²) in [4.78, 5) is 5.33. The number of ether oxygens (including phenoxy) is 1. The molecular formula is C16H12BrF3N2OS. The van der Waals surface area contributed by atoms with Gasteiger partial charge in [0.15, 0.2) is 0 Å². The summed E-state index contributed by atoms with van der Waals surface area (Å²) in [5.74, 6) is 0.304. The molecule has 0 aliphatic rings. The summed E-state index contributed by atoms with van der Waals surface area (Å²) in [6.45, 7) is 1.97. The molecule has 3 aromatic rings. The maximum absolute atomic E-state index is 13.1. The fraction of sp³-hybridized carbons (Fsp3) is 0.188. The number of alkyl halides is 3. The first-order valence-corrected chi connectivity index (χ1v) is 8.48. The third-order valence-corrected chi connectivity index (χ3v) is 5.88. The van der Waals surface area contributed by atoms with Crippen molar-refractivity contribution in [2.75, 3.05) is 12.4 Å². The number of nitrogens with one attached hydrogen (secondary N) is 1. The second-order valence-corrected chi connectivity index (χ2v) is 7.06. The van der Waals surface area contributed by atoms with Crippen molar-refractivity contribution in [2.45, 2.75) is 13.1 Å². The van der Waals surface area contributed by atoms with E-state index in [1.54, 1.807) is 6.20 Å². The van der Waals surface area contributed by atoms with Crippen LogP contribution >= 0.6 is 27.3 Å². The molecule has 3 rings (SSSR count). The molecule has 0 spiro atoms. The molecule has 0 bridgehead atoms. The summed E-state index contributed by atoms with van der Waals surface area (Å²) >= 11 is 5.04. The zero-order valence-corrected chi connectivity index (χ0v) is 15.1. The molecule has 0 fully saturated rings. The van der Waals surface area contributed by atoms with Crippen LogP contribution in [0.3, 0.4) is 0 Å². The molecule has 1 aromatic carbocycles. The molecular weight excluding hydrogens is 405 g/mol. The summed E-state index contributed by atoms with van der Waals surface area (Å²) in [5, 5.41) is 3.95. The van der Waals surface area contributed by atoms with Crippen molar-refractivity contribution in [1.29, 1.82) is 0 Å². The van der Waals surface area contributed by atoms with Gasteiger partial charge in [0.05, 0.1) is 17.4 Å². The summed E-state index contributed by atoms with van der Waals surface area (Å²) in [6.07, 6.45) is -2.87. The van der Waals surface area contributed by atoms with E-state index in [1.165, 1.54) is 30.6 Å². The van der Waals surface area contributed by atoms with E-state index in [4.69, 9.17) is 4.74 Å². The Balaban J connectivity index is 2.05. The Kier molecular flexibility index (Phi) is 4.44. The molecule has 0 radical (unpaired) electrons. The summed E-state index contributed by atoms with van der Waals surface area (Å²) in [6, 6.07) is 5.71. The van der Waals surface area contributed by atoms with E-state index in [0.717, 1.165) is 25.5 Å². The van der Waals surface area contributed by atoms with E-state index < -0.39 is 11.7 Å². The normalized spacial score (nSPS) is 11.8. The van der Waals surface area contributed by atoms with Gasteiger partial charge in [-0.15, -0.1) is 11.3 Å². The number of methoxy groups -OCH3 is 1. The number of anilines is 2. The van der Waals surface area contributed by atoms with Crippen LogP contribution in [-0.2, 0) is 6.18 Å². The van der Waals surface area contributed by atoms with Crippen LogP contribution < -0.4 is 10.1 Å². The van der Waals surface area contributed by atoms with Crippen LogP contribution in [0.2, 0.25) is 0 Å². The number of benzene rings is 1. The molecule has 8 heteroatoms. The second-order valence-electron chi connectivity index (χ2n) is 5.05. The molecule has 0 amide bonds. The number of hydrogen-bond donors (Lipinski definition) is 1. The van der Waals surface area contributed by atoms with Crippen molar-refractivity contribution >= 4 is 48.9 Å². The van der Waals surface area contributed by atoms with E-state index in [1.807, 2.05) is 13.0 Å². The highest BCUT2D eigenvalue weighted by Gasteiger charge is 2.34. The number of fused-ring (bicyclic) bond motifs is 1. The van der Waals surface area contributed by atoms with Crippen LogP contribution in [0, 0.1) is 6.92 Å². The van der Waals surface area contributed by atoms with Gasteiger partial charge in [-0.2, -0.15) is 13.2 Å². The molecule has 0 aliphatic carbocycles. The summed E-state index contributed by atoms with van der Waals surface area (Å²) in [5.41, 5.74) is -0.531. The molecule has 126 valence electrons. The van der Waals surface area contributed by atoms with Crippen molar-refractivity contribution < 1.29 is 17.9 Å². The number of rotatable bonds is 3. The SMILES string of the molecule is COc1ccc(Nc2nccc3c(Br)c(C)sc23)cc1C(F)(F)F. The Labute approximate surface area is 148 Å². The van der Waals surface area contributed by atoms with Crippen LogP contribution in [0.25, 0.3) is 10.1 Å². The second kappa shape index (κ2) is 6.25. The lowest BCUT2D eigenvalue weighted by Crippen LogP contribution is -2.08.